The van der Waals surface area contributed by atoms with Crippen LogP contribution in [-0.4, -0.2) is 24.9 Å². The second kappa shape index (κ2) is 11.6. The van der Waals surface area contributed by atoms with Crippen LogP contribution in [0.2, 0.25) is 0 Å². The van der Waals surface area contributed by atoms with E-state index in [-0.39, 0.29) is 12.6 Å². The van der Waals surface area contributed by atoms with E-state index >= 15 is 0 Å². The van der Waals surface area contributed by atoms with Crippen LogP contribution in [0.5, 0.6) is 0 Å². The monoisotopic (exact) mass is 342 g/mol. The molecule has 0 aliphatic rings. The summed E-state index contributed by atoms with van der Waals surface area (Å²) in [5.74, 6) is 0. The van der Waals surface area contributed by atoms with Gasteiger partial charge in [-0.05, 0) is 48.9 Å². The molecule has 25 heavy (non-hydrogen) atoms. The molecular weight excluding hydrogens is 312 g/mol. The maximum atomic E-state index is 8.99. The van der Waals surface area contributed by atoms with Crippen LogP contribution in [0.3, 0.4) is 0 Å². The highest BCUT2D eigenvalue weighted by Crippen LogP contribution is 2.18. The Morgan fingerprint density at radius 1 is 1.00 bits per heavy atom. The SMILES string of the molecule is NC(CCO)c1cccc(NCCCCCOCc2ccccc2)c1. The topological polar surface area (TPSA) is 67.5 Å². The largest absolute Gasteiger partial charge is 0.396 e. The van der Waals surface area contributed by atoms with Crippen molar-refractivity contribution in [1.82, 2.24) is 0 Å². The Morgan fingerprint density at radius 3 is 2.64 bits per heavy atom. The third-order valence-electron chi connectivity index (χ3n) is 4.16. The molecule has 4 nitrogen and oxygen atoms in total. The van der Waals surface area contributed by atoms with Gasteiger partial charge in [0.25, 0.3) is 0 Å². The first-order chi connectivity index (χ1) is 12.3. The van der Waals surface area contributed by atoms with Crippen molar-refractivity contribution in [3.63, 3.8) is 0 Å². The third-order valence-corrected chi connectivity index (χ3v) is 4.16. The van der Waals surface area contributed by atoms with Gasteiger partial charge in [0.2, 0.25) is 0 Å². The van der Waals surface area contributed by atoms with Gasteiger partial charge in [0.15, 0.2) is 0 Å². The third kappa shape index (κ3) is 7.69. The van der Waals surface area contributed by atoms with Gasteiger partial charge in [0, 0.05) is 31.5 Å². The van der Waals surface area contributed by atoms with Gasteiger partial charge in [-0.2, -0.15) is 0 Å². The van der Waals surface area contributed by atoms with Crippen molar-refractivity contribution >= 4 is 5.69 Å². The quantitative estimate of drug-likeness (QED) is 0.512. The number of hydrogen-bond acceptors (Lipinski definition) is 4. The predicted octanol–water partition coefficient (Wildman–Crippen LogP) is 3.87. The zero-order valence-corrected chi connectivity index (χ0v) is 14.9. The van der Waals surface area contributed by atoms with E-state index in [2.05, 4.69) is 29.6 Å². The number of nitrogens with two attached hydrogens (primary N) is 1. The molecule has 0 amide bonds. The molecule has 0 heterocycles. The fourth-order valence-corrected chi connectivity index (χ4v) is 2.69. The van der Waals surface area contributed by atoms with Crippen molar-refractivity contribution < 1.29 is 9.84 Å². The van der Waals surface area contributed by atoms with E-state index in [4.69, 9.17) is 15.6 Å². The zero-order valence-electron chi connectivity index (χ0n) is 14.9. The molecule has 1 atom stereocenters. The summed E-state index contributed by atoms with van der Waals surface area (Å²) < 4.78 is 5.69. The molecule has 4 heteroatoms. The van der Waals surface area contributed by atoms with Crippen LogP contribution in [0.4, 0.5) is 5.69 Å². The summed E-state index contributed by atoms with van der Waals surface area (Å²) in [5.41, 5.74) is 9.42. The molecule has 0 saturated carbocycles. The van der Waals surface area contributed by atoms with Crippen LogP contribution >= 0.6 is 0 Å². The summed E-state index contributed by atoms with van der Waals surface area (Å²) >= 11 is 0. The number of benzene rings is 2. The highest BCUT2D eigenvalue weighted by atomic mass is 16.5. The average molecular weight is 342 g/mol. The summed E-state index contributed by atoms with van der Waals surface area (Å²) in [5, 5.41) is 12.4. The number of ether oxygens (including phenoxy) is 1. The van der Waals surface area contributed by atoms with Crippen LogP contribution in [0.15, 0.2) is 54.6 Å². The van der Waals surface area contributed by atoms with E-state index in [0.717, 1.165) is 43.7 Å². The number of aliphatic hydroxyl groups is 1. The van der Waals surface area contributed by atoms with Gasteiger partial charge in [0.05, 0.1) is 6.61 Å². The lowest BCUT2D eigenvalue weighted by molar-refractivity contribution is 0.117. The second-order valence-corrected chi connectivity index (χ2v) is 6.27. The minimum absolute atomic E-state index is 0.103. The van der Waals surface area contributed by atoms with Crippen molar-refractivity contribution in [2.75, 3.05) is 25.1 Å². The molecule has 0 aliphatic heterocycles. The molecule has 4 N–H and O–H groups in total. The maximum Gasteiger partial charge on any atom is 0.0716 e. The molecule has 0 saturated heterocycles. The molecule has 1 unspecified atom stereocenters. The van der Waals surface area contributed by atoms with Crippen molar-refractivity contribution in [1.29, 1.82) is 0 Å². The summed E-state index contributed by atoms with van der Waals surface area (Å²) in [4.78, 5) is 0. The first kappa shape index (κ1) is 19.4. The number of nitrogens with one attached hydrogen (secondary N) is 1. The average Bonchev–Trinajstić information content (AvgIpc) is 2.65. The highest BCUT2D eigenvalue weighted by molar-refractivity contribution is 5.46. The number of aliphatic hydroxyl groups excluding tert-OH is 1. The van der Waals surface area contributed by atoms with E-state index < -0.39 is 0 Å². The molecule has 2 aromatic carbocycles. The summed E-state index contributed by atoms with van der Waals surface area (Å²) in [6, 6.07) is 18.3. The molecule has 136 valence electrons. The van der Waals surface area contributed by atoms with Crippen molar-refractivity contribution in [2.45, 2.75) is 38.3 Å². The van der Waals surface area contributed by atoms with Gasteiger partial charge in [-0.3, -0.25) is 0 Å². The Morgan fingerprint density at radius 2 is 1.84 bits per heavy atom. The predicted molar refractivity (Wildman–Crippen MR) is 104 cm³/mol. The van der Waals surface area contributed by atoms with E-state index in [1.807, 2.05) is 30.3 Å². The molecule has 2 rings (SSSR count). The van der Waals surface area contributed by atoms with Gasteiger partial charge in [-0.15, -0.1) is 0 Å². The van der Waals surface area contributed by atoms with Gasteiger partial charge in [0.1, 0.15) is 0 Å². The van der Waals surface area contributed by atoms with Gasteiger partial charge < -0.3 is 20.9 Å². The van der Waals surface area contributed by atoms with Crippen LogP contribution in [0.25, 0.3) is 0 Å². The molecule has 0 radical (unpaired) electrons. The zero-order chi connectivity index (χ0) is 17.7. The van der Waals surface area contributed by atoms with Crippen LogP contribution in [-0.2, 0) is 11.3 Å². The summed E-state index contributed by atoms with van der Waals surface area (Å²) in [6.45, 7) is 2.56. The molecule has 2 aromatic rings. The Bertz CT molecular complexity index is 589. The molecule has 0 fully saturated rings. The Labute approximate surface area is 151 Å². The minimum atomic E-state index is -0.103. The lowest BCUT2D eigenvalue weighted by atomic mass is 10.0. The molecule has 0 aromatic heterocycles. The molecule has 0 bridgehead atoms. The molecule has 0 aliphatic carbocycles. The second-order valence-electron chi connectivity index (χ2n) is 6.27. The number of unbranched alkanes of at least 4 members (excludes halogenated alkanes) is 2. The highest BCUT2D eigenvalue weighted by Gasteiger charge is 2.05. The number of rotatable bonds is 12. The fraction of sp³-hybridized carbons (Fsp3) is 0.429. The lowest BCUT2D eigenvalue weighted by Gasteiger charge is -2.13. The van der Waals surface area contributed by atoms with E-state index in [0.29, 0.717) is 13.0 Å². The maximum absolute atomic E-state index is 8.99. The van der Waals surface area contributed by atoms with Crippen molar-refractivity contribution in [2.24, 2.45) is 5.73 Å². The van der Waals surface area contributed by atoms with Crippen molar-refractivity contribution in [3.8, 4) is 0 Å². The molecule has 0 spiro atoms. The number of anilines is 1. The van der Waals surface area contributed by atoms with Gasteiger partial charge in [-0.25, -0.2) is 0 Å². The molecular formula is C21H30N2O2. The van der Waals surface area contributed by atoms with Crippen LogP contribution in [0.1, 0.15) is 42.9 Å². The summed E-state index contributed by atoms with van der Waals surface area (Å²) in [7, 11) is 0. The normalized spacial score (nSPS) is 12.1. The van der Waals surface area contributed by atoms with E-state index in [1.165, 1.54) is 5.56 Å². The summed E-state index contributed by atoms with van der Waals surface area (Å²) in [6.07, 6.45) is 3.93. The van der Waals surface area contributed by atoms with E-state index in [9.17, 15) is 0 Å². The smallest absolute Gasteiger partial charge is 0.0716 e. The number of hydrogen-bond donors (Lipinski definition) is 3. The Kier molecular flexibility index (Phi) is 9.05. The van der Waals surface area contributed by atoms with Crippen LogP contribution < -0.4 is 11.1 Å². The Balaban J connectivity index is 1.55. The van der Waals surface area contributed by atoms with E-state index in [1.54, 1.807) is 0 Å². The van der Waals surface area contributed by atoms with Gasteiger partial charge in [-0.1, -0.05) is 42.5 Å². The fourth-order valence-electron chi connectivity index (χ4n) is 2.69. The first-order valence-electron chi connectivity index (χ1n) is 9.11. The Hall–Kier alpha value is -1.88. The van der Waals surface area contributed by atoms with Crippen LogP contribution in [0, 0.1) is 0 Å². The minimum Gasteiger partial charge on any atom is -0.396 e. The first-order valence-corrected chi connectivity index (χ1v) is 9.11. The van der Waals surface area contributed by atoms with Crippen molar-refractivity contribution in [3.05, 3.63) is 65.7 Å². The standard InChI is InChI=1S/C21H30N2O2/c22-21(12-14-24)19-10-7-11-20(16-19)23-13-5-2-6-15-25-17-18-8-3-1-4-9-18/h1,3-4,7-11,16,21,23-24H,2,5-6,12-15,17,22H2. The van der Waals surface area contributed by atoms with Gasteiger partial charge >= 0.3 is 0 Å². The lowest BCUT2D eigenvalue weighted by Crippen LogP contribution is -2.12.